The van der Waals surface area contributed by atoms with Gasteiger partial charge in [0.05, 0.1) is 6.54 Å². The number of nitrogens with zero attached hydrogens (tertiary/aromatic N) is 2. The summed E-state index contributed by atoms with van der Waals surface area (Å²) in [6.07, 6.45) is 0. The van der Waals surface area contributed by atoms with Gasteiger partial charge in [-0.2, -0.15) is 0 Å². The van der Waals surface area contributed by atoms with Gasteiger partial charge in [0.2, 0.25) is 0 Å². The van der Waals surface area contributed by atoms with Crippen LogP contribution in [0.15, 0.2) is 42.5 Å². The molecule has 0 saturated heterocycles. The van der Waals surface area contributed by atoms with Crippen LogP contribution in [0.3, 0.4) is 0 Å². The highest BCUT2D eigenvalue weighted by molar-refractivity contribution is 5.94. The summed E-state index contributed by atoms with van der Waals surface area (Å²) >= 11 is 0. The number of fused-ring (bicyclic) bond motifs is 1. The van der Waals surface area contributed by atoms with Crippen molar-refractivity contribution in [2.24, 2.45) is 0 Å². The van der Waals surface area contributed by atoms with Crippen molar-refractivity contribution in [2.75, 3.05) is 26.2 Å². The first-order valence-corrected chi connectivity index (χ1v) is 9.12. The fraction of sp³-hybridized carbons (Fsp3) is 0.381. The highest BCUT2D eigenvalue weighted by atomic mass is 19.1. The lowest BCUT2D eigenvalue weighted by molar-refractivity contribution is 0.0732. The van der Waals surface area contributed by atoms with E-state index in [1.165, 1.54) is 17.7 Å². The van der Waals surface area contributed by atoms with E-state index in [4.69, 9.17) is 4.74 Å². The minimum absolute atomic E-state index is 0.171. The third-order valence-electron chi connectivity index (χ3n) is 4.76. The highest BCUT2D eigenvalue weighted by Gasteiger charge is 2.21. The summed E-state index contributed by atoms with van der Waals surface area (Å²) in [5, 5.41) is 0. The monoisotopic (exact) mass is 356 g/mol. The van der Waals surface area contributed by atoms with Gasteiger partial charge >= 0.3 is 0 Å². The van der Waals surface area contributed by atoms with Gasteiger partial charge in [0.15, 0.2) is 0 Å². The molecule has 138 valence electrons. The number of carbonyl (C=O) groups is 1. The maximum Gasteiger partial charge on any atom is 0.254 e. The van der Waals surface area contributed by atoms with Crippen LogP contribution >= 0.6 is 0 Å². The maximum absolute atomic E-state index is 13.5. The molecule has 0 fully saturated rings. The van der Waals surface area contributed by atoms with Crippen LogP contribution in [0.5, 0.6) is 5.75 Å². The van der Waals surface area contributed by atoms with Crippen molar-refractivity contribution in [3.05, 3.63) is 65.0 Å². The molecule has 1 amide bonds. The van der Waals surface area contributed by atoms with E-state index in [-0.39, 0.29) is 5.91 Å². The first-order chi connectivity index (χ1) is 12.6. The second-order valence-corrected chi connectivity index (χ2v) is 6.49. The summed E-state index contributed by atoms with van der Waals surface area (Å²) < 4.78 is 19.3. The van der Waals surface area contributed by atoms with Crippen LogP contribution in [0, 0.1) is 5.82 Å². The number of hydrogen-bond acceptors (Lipinski definition) is 3. The van der Waals surface area contributed by atoms with Crippen LogP contribution < -0.4 is 4.74 Å². The molecule has 0 unspecified atom stereocenters. The lowest BCUT2D eigenvalue weighted by Gasteiger charge is -2.21. The van der Waals surface area contributed by atoms with Gasteiger partial charge in [0, 0.05) is 24.2 Å². The zero-order chi connectivity index (χ0) is 18.5. The van der Waals surface area contributed by atoms with E-state index < -0.39 is 5.82 Å². The normalized spacial score (nSPS) is 13.9. The first kappa shape index (κ1) is 18.4. The van der Waals surface area contributed by atoms with E-state index in [1.807, 2.05) is 6.07 Å². The van der Waals surface area contributed by atoms with Crippen LogP contribution in [-0.2, 0) is 13.1 Å². The van der Waals surface area contributed by atoms with Gasteiger partial charge in [-0.15, -0.1) is 0 Å². The van der Waals surface area contributed by atoms with E-state index in [0.29, 0.717) is 25.3 Å². The number of amides is 1. The molecule has 0 aromatic heterocycles. The predicted molar refractivity (Wildman–Crippen MR) is 99.7 cm³/mol. The third kappa shape index (κ3) is 4.22. The Kier molecular flexibility index (Phi) is 5.89. The van der Waals surface area contributed by atoms with Gasteiger partial charge in [-0.05, 0) is 49.0 Å². The lowest BCUT2D eigenvalue weighted by Crippen LogP contribution is -2.32. The molecule has 0 saturated carbocycles. The third-order valence-corrected chi connectivity index (χ3v) is 4.76. The molecule has 26 heavy (non-hydrogen) atoms. The molecule has 4 nitrogen and oxygen atoms in total. The van der Waals surface area contributed by atoms with Crippen molar-refractivity contribution in [3.8, 4) is 5.75 Å². The van der Waals surface area contributed by atoms with Gasteiger partial charge < -0.3 is 9.64 Å². The molecule has 0 N–H and O–H groups in total. The molecule has 0 atom stereocenters. The predicted octanol–water partition coefficient (Wildman–Crippen LogP) is 3.70. The fourth-order valence-corrected chi connectivity index (χ4v) is 3.23. The van der Waals surface area contributed by atoms with Crippen LogP contribution in [0.1, 0.15) is 35.3 Å². The Morgan fingerprint density at radius 1 is 1.19 bits per heavy atom. The topological polar surface area (TPSA) is 32.8 Å². The van der Waals surface area contributed by atoms with E-state index in [1.54, 1.807) is 17.0 Å². The van der Waals surface area contributed by atoms with Crippen molar-refractivity contribution in [1.29, 1.82) is 0 Å². The number of halogens is 1. The highest BCUT2D eigenvalue weighted by Crippen LogP contribution is 2.26. The Balaban J connectivity index is 1.81. The van der Waals surface area contributed by atoms with Gasteiger partial charge in [0.1, 0.15) is 18.2 Å². The molecular formula is C21H25FN2O2. The van der Waals surface area contributed by atoms with Gasteiger partial charge in [-0.3, -0.25) is 9.69 Å². The van der Waals surface area contributed by atoms with Crippen molar-refractivity contribution in [3.63, 3.8) is 0 Å². The molecule has 0 aliphatic carbocycles. The molecule has 1 aliphatic rings. The van der Waals surface area contributed by atoms with E-state index in [2.05, 4.69) is 30.9 Å². The smallest absolute Gasteiger partial charge is 0.254 e. The second kappa shape index (κ2) is 8.32. The van der Waals surface area contributed by atoms with Crippen LogP contribution in [0.25, 0.3) is 0 Å². The maximum atomic E-state index is 13.5. The molecule has 0 spiro atoms. The Labute approximate surface area is 154 Å². The first-order valence-electron chi connectivity index (χ1n) is 9.12. The molecule has 2 aromatic carbocycles. The van der Waals surface area contributed by atoms with Crippen molar-refractivity contribution in [1.82, 2.24) is 9.80 Å². The van der Waals surface area contributed by atoms with E-state index in [9.17, 15) is 9.18 Å². The molecule has 1 aliphatic heterocycles. The van der Waals surface area contributed by atoms with Crippen molar-refractivity contribution < 1.29 is 13.9 Å². The summed E-state index contributed by atoms with van der Waals surface area (Å²) in [6, 6.07) is 12.0. The molecule has 0 radical (unpaired) electrons. The van der Waals surface area contributed by atoms with E-state index in [0.717, 1.165) is 30.9 Å². The summed E-state index contributed by atoms with van der Waals surface area (Å²) in [5.41, 5.74) is 2.57. The summed E-state index contributed by atoms with van der Waals surface area (Å²) in [5.74, 6) is 0.252. The number of hydrogen-bond donors (Lipinski definition) is 0. The Morgan fingerprint density at radius 3 is 2.73 bits per heavy atom. The van der Waals surface area contributed by atoms with E-state index >= 15 is 0 Å². The number of carbonyl (C=O) groups excluding carboxylic acids is 1. The van der Waals surface area contributed by atoms with Gasteiger partial charge in [-0.25, -0.2) is 4.39 Å². The molecule has 1 heterocycles. The Hall–Kier alpha value is -2.40. The molecular weight excluding hydrogens is 331 g/mol. The number of ether oxygens (including phenoxy) is 1. The average Bonchev–Trinajstić information content (AvgIpc) is 2.87. The molecule has 5 heteroatoms. The van der Waals surface area contributed by atoms with Crippen LogP contribution in [0.4, 0.5) is 4.39 Å². The fourth-order valence-electron chi connectivity index (χ4n) is 3.23. The van der Waals surface area contributed by atoms with Crippen molar-refractivity contribution >= 4 is 5.91 Å². The average molecular weight is 356 g/mol. The van der Waals surface area contributed by atoms with Crippen LogP contribution in [-0.4, -0.2) is 41.9 Å². The largest absolute Gasteiger partial charge is 0.491 e. The summed E-state index contributed by atoms with van der Waals surface area (Å²) in [4.78, 5) is 16.8. The number of benzene rings is 2. The lowest BCUT2D eigenvalue weighted by atomic mass is 10.1. The van der Waals surface area contributed by atoms with Crippen molar-refractivity contribution in [2.45, 2.75) is 26.9 Å². The second-order valence-electron chi connectivity index (χ2n) is 6.49. The summed E-state index contributed by atoms with van der Waals surface area (Å²) in [7, 11) is 0. The summed E-state index contributed by atoms with van der Waals surface area (Å²) in [6.45, 7) is 8.54. The zero-order valence-corrected chi connectivity index (χ0v) is 15.4. The molecule has 0 bridgehead atoms. The molecule has 2 aromatic rings. The van der Waals surface area contributed by atoms with Gasteiger partial charge in [0.25, 0.3) is 5.91 Å². The van der Waals surface area contributed by atoms with Crippen LogP contribution in [0.2, 0.25) is 0 Å². The minimum Gasteiger partial charge on any atom is -0.491 e. The quantitative estimate of drug-likeness (QED) is 0.819. The SMILES string of the molecule is CCN(CC)Cc1ccc2c(c1)CN(C(=O)c1cccc(F)c1)CCO2. The minimum atomic E-state index is -0.399. The zero-order valence-electron chi connectivity index (χ0n) is 15.4. The Morgan fingerprint density at radius 2 is 2.00 bits per heavy atom. The number of rotatable bonds is 5. The Bertz CT molecular complexity index is 774. The molecule has 3 rings (SSSR count). The standard InChI is InChI=1S/C21H25FN2O2/c1-3-23(4-2)14-16-8-9-20-18(12-16)15-24(10-11-26-20)21(25)17-6-5-7-19(22)13-17/h5-9,12-13H,3-4,10-11,14-15H2,1-2H3. The van der Waals surface area contributed by atoms with Gasteiger partial charge in [-0.1, -0.05) is 26.0 Å².